The van der Waals surface area contributed by atoms with Crippen molar-refractivity contribution in [3.05, 3.63) is 42.5 Å². The van der Waals surface area contributed by atoms with E-state index in [0.29, 0.717) is 0 Å². The molecule has 0 radical (unpaired) electrons. The van der Waals surface area contributed by atoms with E-state index < -0.39 is 0 Å². The zero-order chi connectivity index (χ0) is 12.9. The molecule has 0 aromatic heterocycles. The van der Waals surface area contributed by atoms with Gasteiger partial charge in [0.05, 0.1) is 0 Å². The molecule has 0 aliphatic heterocycles. The Morgan fingerprint density at radius 1 is 0.947 bits per heavy atom. The highest BCUT2D eigenvalue weighted by Crippen LogP contribution is 2.22. The maximum absolute atomic E-state index is 6.03. The van der Waals surface area contributed by atoms with Crippen molar-refractivity contribution in [1.82, 2.24) is 0 Å². The van der Waals surface area contributed by atoms with Crippen molar-refractivity contribution in [1.29, 1.82) is 0 Å². The molecule has 2 aromatic rings. The molecule has 0 N–H and O–H groups in total. The maximum Gasteiger partial charge on any atom is 0.159 e. The maximum atomic E-state index is 6.03. The number of fused-ring (bicyclic) bond motifs is 1. The Labute approximate surface area is 114 Å². The molecule has 0 fully saturated rings. The molecule has 96 valence electrons. The summed E-state index contributed by atoms with van der Waals surface area (Å²) in [4.78, 5) is 0. The molecule has 1 aliphatic carbocycles. The Morgan fingerprint density at radius 2 is 1.84 bits per heavy atom. The molecular weight excluding hydrogens is 232 g/mol. The summed E-state index contributed by atoms with van der Waals surface area (Å²) in [5.74, 6) is 7.39. The Bertz CT molecular complexity index is 618. The van der Waals surface area contributed by atoms with Crippen LogP contribution < -0.4 is 4.74 Å². The van der Waals surface area contributed by atoms with E-state index in [9.17, 15) is 0 Å². The number of hydrogen-bond donors (Lipinski definition) is 0. The zero-order valence-electron chi connectivity index (χ0n) is 11.1. The lowest BCUT2D eigenvalue weighted by molar-refractivity contribution is 0.241. The van der Waals surface area contributed by atoms with Gasteiger partial charge in [-0.1, -0.05) is 48.6 Å². The van der Waals surface area contributed by atoms with Crippen LogP contribution in [0.15, 0.2) is 42.5 Å². The van der Waals surface area contributed by atoms with Crippen molar-refractivity contribution >= 4 is 10.8 Å². The van der Waals surface area contributed by atoms with Gasteiger partial charge in [-0.25, -0.2) is 0 Å². The van der Waals surface area contributed by atoms with E-state index in [1.165, 1.54) is 30.0 Å². The van der Waals surface area contributed by atoms with E-state index in [4.69, 9.17) is 4.74 Å². The highest BCUT2D eigenvalue weighted by atomic mass is 16.5. The number of ether oxygens (including phenoxy) is 1. The van der Waals surface area contributed by atoms with Crippen molar-refractivity contribution in [2.24, 2.45) is 0 Å². The highest BCUT2D eigenvalue weighted by molar-refractivity contribution is 5.83. The first kappa shape index (κ1) is 12.1. The van der Waals surface area contributed by atoms with Gasteiger partial charge in [0.15, 0.2) is 6.10 Å². The van der Waals surface area contributed by atoms with Crippen molar-refractivity contribution in [3.8, 4) is 17.6 Å². The average molecular weight is 250 g/mol. The highest BCUT2D eigenvalue weighted by Gasteiger charge is 2.09. The first-order chi connectivity index (χ1) is 9.42. The quantitative estimate of drug-likeness (QED) is 0.710. The van der Waals surface area contributed by atoms with Gasteiger partial charge >= 0.3 is 0 Å². The topological polar surface area (TPSA) is 9.23 Å². The van der Waals surface area contributed by atoms with Gasteiger partial charge in [0.25, 0.3) is 0 Å². The van der Waals surface area contributed by atoms with E-state index in [1.54, 1.807) is 0 Å². The summed E-state index contributed by atoms with van der Waals surface area (Å²) in [7, 11) is 0. The predicted molar refractivity (Wildman–Crippen MR) is 79.2 cm³/mol. The molecule has 0 saturated heterocycles. The minimum atomic E-state index is 0.0569. The molecule has 3 rings (SSSR count). The second kappa shape index (κ2) is 5.80. The average Bonchev–Trinajstić information content (AvgIpc) is 2.41. The van der Waals surface area contributed by atoms with Crippen molar-refractivity contribution in [3.63, 3.8) is 0 Å². The van der Waals surface area contributed by atoms with E-state index in [1.807, 2.05) is 6.07 Å². The monoisotopic (exact) mass is 250 g/mol. The van der Waals surface area contributed by atoms with Crippen LogP contribution in [0.4, 0.5) is 0 Å². The van der Waals surface area contributed by atoms with Crippen molar-refractivity contribution in [2.45, 2.75) is 38.2 Å². The van der Waals surface area contributed by atoms with E-state index in [0.717, 1.165) is 18.6 Å². The molecule has 1 atom stereocenters. The fourth-order valence-electron chi connectivity index (χ4n) is 2.47. The van der Waals surface area contributed by atoms with Gasteiger partial charge in [0.2, 0.25) is 0 Å². The van der Waals surface area contributed by atoms with Gasteiger partial charge in [-0.3, -0.25) is 0 Å². The smallest absolute Gasteiger partial charge is 0.159 e. The summed E-state index contributed by atoms with van der Waals surface area (Å²) < 4.78 is 6.03. The summed E-state index contributed by atoms with van der Waals surface area (Å²) in [6.45, 7) is 0. The van der Waals surface area contributed by atoms with Gasteiger partial charge in [-0.15, -0.1) is 0 Å². The molecule has 19 heavy (non-hydrogen) atoms. The van der Waals surface area contributed by atoms with E-state index in [-0.39, 0.29) is 6.10 Å². The fraction of sp³-hybridized carbons (Fsp3) is 0.333. The van der Waals surface area contributed by atoms with Crippen molar-refractivity contribution in [2.75, 3.05) is 0 Å². The summed E-state index contributed by atoms with van der Waals surface area (Å²) in [6.07, 6.45) is 5.83. The number of rotatable bonds is 2. The molecular formula is C18H18O. The van der Waals surface area contributed by atoms with Crippen LogP contribution in [-0.2, 0) is 0 Å². The van der Waals surface area contributed by atoms with Crippen LogP contribution in [0, 0.1) is 11.8 Å². The molecule has 1 nitrogen and oxygen atoms in total. The third-order valence-electron chi connectivity index (χ3n) is 3.53. The standard InChI is InChI=1S/C18H18O/c1-2-4-10-17(11-5-3-1)19-18-13-12-15-8-6-7-9-16(15)14-18/h6-9,12-14,17H,1-4,10H2. The van der Waals surface area contributed by atoms with Crippen LogP contribution in [0.5, 0.6) is 5.75 Å². The SMILES string of the molecule is C1#CC(Oc2ccc3ccccc3c2)CCCCC1. The van der Waals surface area contributed by atoms with Crippen LogP contribution in [0.3, 0.4) is 0 Å². The Hall–Kier alpha value is -1.94. The van der Waals surface area contributed by atoms with Crippen LogP contribution >= 0.6 is 0 Å². The molecule has 0 amide bonds. The number of benzene rings is 2. The number of hydrogen-bond acceptors (Lipinski definition) is 1. The Kier molecular flexibility index (Phi) is 3.70. The van der Waals surface area contributed by atoms with Crippen molar-refractivity contribution < 1.29 is 4.74 Å². The summed E-state index contributed by atoms with van der Waals surface area (Å²) >= 11 is 0. The first-order valence-corrected chi connectivity index (χ1v) is 7.06. The molecule has 1 heteroatoms. The lowest BCUT2D eigenvalue weighted by atomic mass is 10.1. The third kappa shape index (κ3) is 3.09. The Morgan fingerprint density at radius 3 is 2.79 bits per heavy atom. The minimum Gasteiger partial charge on any atom is -0.478 e. The molecule has 0 heterocycles. The Balaban J connectivity index is 1.80. The van der Waals surface area contributed by atoms with E-state index >= 15 is 0 Å². The van der Waals surface area contributed by atoms with Gasteiger partial charge in [0.1, 0.15) is 5.75 Å². The molecule has 0 spiro atoms. The van der Waals surface area contributed by atoms with Gasteiger partial charge < -0.3 is 4.74 Å². The predicted octanol–water partition coefficient (Wildman–Crippen LogP) is 4.55. The summed E-state index contributed by atoms with van der Waals surface area (Å²) in [5, 5.41) is 2.47. The second-order valence-corrected chi connectivity index (χ2v) is 5.04. The van der Waals surface area contributed by atoms with E-state index in [2.05, 4.69) is 48.2 Å². The molecule has 1 unspecified atom stereocenters. The third-order valence-corrected chi connectivity index (χ3v) is 3.53. The lowest BCUT2D eigenvalue weighted by Gasteiger charge is -2.15. The van der Waals surface area contributed by atoms with Gasteiger partial charge in [-0.2, -0.15) is 0 Å². The lowest BCUT2D eigenvalue weighted by Crippen LogP contribution is -2.14. The summed E-state index contributed by atoms with van der Waals surface area (Å²) in [5.41, 5.74) is 0. The molecule has 0 saturated carbocycles. The summed E-state index contributed by atoms with van der Waals surface area (Å²) in [6, 6.07) is 14.6. The molecule has 2 aromatic carbocycles. The second-order valence-electron chi connectivity index (χ2n) is 5.04. The molecule has 0 bridgehead atoms. The van der Waals surface area contributed by atoms with Gasteiger partial charge in [0, 0.05) is 6.42 Å². The van der Waals surface area contributed by atoms with Crippen LogP contribution in [0.2, 0.25) is 0 Å². The fourth-order valence-corrected chi connectivity index (χ4v) is 2.47. The largest absolute Gasteiger partial charge is 0.478 e. The normalized spacial score (nSPS) is 19.1. The van der Waals surface area contributed by atoms with Crippen LogP contribution in [0.25, 0.3) is 10.8 Å². The minimum absolute atomic E-state index is 0.0569. The first-order valence-electron chi connectivity index (χ1n) is 7.06. The van der Waals surface area contributed by atoms with Crippen LogP contribution in [-0.4, -0.2) is 6.10 Å². The van der Waals surface area contributed by atoms with Crippen LogP contribution in [0.1, 0.15) is 32.1 Å². The van der Waals surface area contributed by atoms with Gasteiger partial charge in [-0.05, 0) is 42.2 Å². The molecule has 1 aliphatic rings. The zero-order valence-corrected chi connectivity index (χ0v) is 11.1.